The standard InChI is InChI=1S/C14H15N3O3/c1-9-4-6-10(7-5-9)17-13(11-3-2-8-20-11)12(14(18)19)15-16-17/h4-7,11H,2-3,8H2,1H3,(H,18,19). The lowest BCUT2D eigenvalue weighted by Gasteiger charge is -2.12. The summed E-state index contributed by atoms with van der Waals surface area (Å²) >= 11 is 0. The minimum Gasteiger partial charge on any atom is -0.476 e. The van der Waals surface area contributed by atoms with Crippen molar-refractivity contribution in [2.75, 3.05) is 6.61 Å². The fraction of sp³-hybridized carbons (Fsp3) is 0.357. The number of carboxylic acid groups (broad SMARTS) is 1. The highest BCUT2D eigenvalue weighted by Gasteiger charge is 2.30. The SMILES string of the molecule is Cc1ccc(-n2nnc(C(=O)O)c2C2CCCO2)cc1. The Morgan fingerprint density at radius 3 is 2.75 bits per heavy atom. The Kier molecular flexibility index (Phi) is 3.23. The molecule has 2 aromatic rings. The first-order chi connectivity index (χ1) is 9.66. The third-order valence-corrected chi connectivity index (χ3v) is 3.42. The molecule has 1 unspecified atom stereocenters. The van der Waals surface area contributed by atoms with E-state index in [9.17, 15) is 9.90 Å². The molecule has 0 saturated carbocycles. The molecule has 1 N–H and O–H groups in total. The van der Waals surface area contributed by atoms with E-state index >= 15 is 0 Å². The van der Waals surface area contributed by atoms with Crippen LogP contribution >= 0.6 is 0 Å². The Bertz CT molecular complexity index is 628. The van der Waals surface area contributed by atoms with E-state index in [0.717, 1.165) is 24.1 Å². The zero-order valence-electron chi connectivity index (χ0n) is 11.1. The van der Waals surface area contributed by atoms with E-state index in [4.69, 9.17) is 4.74 Å². The fourth-order valence-electron chi connectivity index (χ4n) is 2.40. The van der Waals surface area contributed by atoms with Gasteiger partial charge in [0.1, 0.15) is 11.8 Å². The average Bonchev–Trinajstić information content (AvgIpc) is 3.08. The highest BCUT2D eigenvalue weighted by Crippen LogP contribution is 2.31. The lowest BCUT2D eigenvalue weighted by molar-refractivity contribution is 0.0673. The number of hydrogen-bond acceptors (Lipinski definition) is 4. The summed E-state index contributed by atoms with van der Waals surface area (Å²) in [6, 6.07) is 7.70. The Morgan fingerprint density at radius 2 is 2.15 bits per heavy atom. The molecule has 2 heterocycles. The number of benzene rings is 1. The maximum absolute atomic E-state index is 11.3. The molecule has 1 saturated heterocycles. The van der Waals surface area contributed by atoms with Crippen molar-refractivity contribution in [3.8, 4) is 5.69 Å². The minimum absolute atomic E-state index is 0.0301. The third-order valence-electron chi connectivity index (χ3n) is 3.42. The van der Waals surface area contributed by atoms with Crippen LogP contribution < -0.4 is 0 Å². The maximum atomic E-state index is 11.3. The molecule has 6 nitrogen and oxygen atoms in total. The number of nitrogens with zero attached hydrogens (tertiary/aromatic N) is 3. The molecule has 0 spiro atoms. The van der Waals surface area contributed by atoms with Crippen molar-refractivity contribution >= 4 is 5.97 Å². The quantitative estimate of drug-likeness (QED) is 0.926. The Labute approximate surface area is 116 Å². The van der Waals surface area contributed by atoms with Crippen LogP contribution in [0, 0.1) is 6.92 Å². The number of ether oxygens (including phenoxy) is 1. The molecule has 0 radical (unpaired) electrons. The van der Waals surface area contributed by atoms with Crippen molar-refractivity contribution in [3.63, 3.8) is 0 Å². The van der Waals surface area contributed by atoms with E-state index in [1.54, 1.807) is 4.68 Å². The van der Waals surface area contributed by atoms with Gasteiger partial charge in [-0.1, -0.05) is 22.9 Å². The van der Waals surface area contributed by atoms with Gasteiger partial charge in [-0.15, -0.1) is 5.10 Å². The first kappa shape index (κ1) is 12.8. The van der Waals surface area contributed by atoms with Crippen molar-refractivity contribution in [2.45, 2.75) is 25.9 Å². The zero-order valence-corrected chi connectivity index (χ0v) is 11.1. The molecule has 1 aromatic carbocycles. The predicted octanol–water partition coefficient (Wildman–Crippen LogP) is 2.13. The first-order valence-corrected chi connectivity index (χ1v) is 6.54. The molecule has 104 valence electrons. The molecule has 0 aliphatic carbocycles. The van der Waals surface area contributed by atoms with E-state index in [0.29, 0.717) is 12.3 Å². The van der Waals surface area contributed by atoms with Gasteiger partial charge < -0.3 is 9.84 Å². The molecule has 20 heavy (non-hydrogen) atoms. The summed E-state index contributed by atoms with van der Waals surface area (Å²) in [6.45, 7) is 2.64. The van der Waals surface area contributed by atoms with Crippen molar-refractivity contribution in [1.82, 2.24) is 15.0 Å². The van der Waals surface area contributed by atoms with Crippen molar-refractivity contribution < 1.29 is 14.6 Å². The summed E-state index contributed by atoms with van der Waals surface area (Å²) in [5.74, 6) is -1.08. The minimum atomic E-state index is -1.08. The van der Waals surface area contributed by atoms with Crippen molar-refractivity contribution in [2.24, 2.45) is 0 Å². The Balaban J connectivity index is 2.10. The largest absolute Gasteiger partial charge is 0.476 e. The molecular weight excluding hydrogens is 258 g/mol. The van der Waals surface area contributed by atoms with Crippen LogP contribution in [0.15, 0.2) is 24.3 Å². The van der Waals surface area contributed by atoms with Gasteiger partial charge in [-0.25, -0.2) is 9.48 Å². The van der Waals surface area contributed by atoms with Gasteiger partial charge in [0.15, 0.2) is 5.69 Å². The van der Waals surface area contributed by atoms with E-state index in [1.165, 1.54) is 0 Å². The predicted molar refractivity (Wildman–Crippen MR) is 71.0 cm³/mol. The van der Waals surface area contributed by atoms with Crippen LogP contribution in [-0.2, 0) is 4.74 Å². The number of aromatic carboxylic acids is 1. The number of carbonyl (C=O) groups is 1. The van der Waals surface area contributed by atoms with E-state index in [-0.39, 0.29) is 11.8 Å². The second-order valence-corrected chi connectivity index (χ2v) is 4.88. The van der Waals surface area contributed by atoms with Crippen LogP contribution in [0.5, 0.6) is 0 Å². The summed E-state index contributed by atoms with van der Waals surface area (Å²) < 4.78 is 7.18. The van der Waals surface area contributed by atoms with Gasteiger partial charge in [0, 0.05) is 6.61 Å². The van der Waals surface area contributed by atoms with Gasteiger partial charge in [-0.3, -0.25) is 0 Å². The number of aromatic nitrogens is 3. The van der Waals surface area contributed by atoms with Crippen molar-refractivity contribution in [3.05, 3.63) is 41.2 Å². The maximum Gasteiger partial charge on any atom is 0.358 e. The van der Waals surface area contributed by atoms with Crippen LogP contribution in [0.4, 0.5) is 0 Å². The Hall–Kier alpha value is -2.21. The van der Waals surface area contributed by atoms with Gasteiger partial charge >= 0.3 is 5.97 Å². The summed E-state index contributed by atoms with van der Waals surface area (Å²) in [5.41, 5.74) is 2.42. The molecule has 1 fully saturated rings. The van der Waals surface area contributed by atoms with Gasteiger partial charge in [0.25, 0.3) is 0 Å². The van der Waals surface area contributed by atoms with Gasteiger partial charge in [-0.2, -0.15) is 0 Å². The highest BCUT2D eigenvalue weighted by molar-refractivity contribution is 5.86. The summed E-state index contributed by atoms with van der Waals surface area (Å²) in [5, 5.41) is 17.0. The van der Waals surface area contributed by atoms with Crippen LogP contribution in [0.1, 0.15) is 40.7 Å². The monoisotopic (exact) mass is 273 g/mol. The summed E-state index contributed by atoms with van der Waals surface area (Å²) in [6.07, 6.45) is 1.46. The molecule has 1 aliphatic rings. The zero-order chi connectivity index (χ0) is 14.1. The number of carboxylic acids is 1. The fourth-order valence-corrected chi connectivity index (χ4v) is 2.40. The molecule has 1 aromatic heterocycles. The molecule has 0 amide bonds. The Morgan fingerprint density at radius 1 is 1.40 bits per heavy atom. The molecule has 3 rings (SSSR count). The van der Waals surface area contributed by atoms with Crippen LogP contribution in [-0.4, -0.2) is 32.7 Å². The first-order valence-electron chi connectivity index (χ1n) is 6.54. The number of rotatable bonds is 3. The number of aryl methyl sites for hydroxylation is 1. The van der Waals surface area contributed by atoms with E-state index in [2.05, 4.69) is 10.3 Å². The molecule has 1 atom stereocenters. The lowest BCUT2D eigenvalue weighted by Crippen LogP contribution is -2.11. The topological polar surface area (TPSA) is 77.2 Å². The van der Waals surface area contributed by atoms with E-state index < -0.39 is 5.97 Å². The molecule has 6 heteroatoms. The summed E-state index contributed by atoms with van der Waals surface area (Å²) in [4.78, 5) is 11.3. The molecule has 1 aliphatic heterocycles. The highest BCUT2D eigenvalue weighted by atomic mass is 16.5. The molecule has 0 bridgehead atoms. The van der Waals surface area contributed by atoms with Gasteiger partial charge in [0.2, 0.25) is 0 Å². The van der Waals surface area contributed by atoms with Crippen molar-refractivity contribution in [1.29, 1.82) is 0 Å². The van der Waals surface area contributed by atoms with Crippen LogP contribution in [0.2, 0.25) is 0 Å². The van der Waals surface area contributed by atoms with E-state index in [1.807, 2.05) is 31.2 Å². The van der Waals surface area contributed by atoms with Gasteiger partial charge in [0.05, 0.1) is 5.69 Å². The van der Waals surface area contributed by atoms with Crippen LogP contribution in [0.25, 0.3) is 5.69 Å². The van der Waals surface area contributed by atoms with Gasteiger partial charge in [-0.05, 0) is 31.9 Å². The lowest BCUT2D eigenvalue weighted by atomic mass is 10.1. The average molecular weight is 273 g/mol. The second-order valence-electron chi connectivity index (χ2n) is 4.88. The molecular formula is C14H15N3O3. The normalized spacial score (nSPS) is 18.4. The second kappa shape index (κ2) is 5.05. The summed E-state index contributed by atoms with van der Waals surface area (Å²) in [7, 11) is 0. The van der Waals surface area contributed by atoms with Crippen LogP contribution in [0.3, 0.4) is 0 Å². The third kappa shape index (κ3) is 2.18. The number of hydrogen-bond donors (Lipinski definition) is 1. The smallest absolute Gasteiger partial charge is 0.358 e.